The summed E-state index contributed by atoms with van der Waals surface area (Å²) >= 11 is 0. The normalized spacial score (nSPS) is 25.3. The number of aliphatic carboxylic acids is 1. The van der Waals surface area contributed by atoms with E-state index in [1.54, 1.807) is 6.92 Å². The minimum absolute atomic E-state index is 0.249. The van der Waals surface area contributed by atoms with Crippen LogP contribution < -0.4 is 0 Å². The van der Waals surface area contributed by atoms with Crippen molar-refractivity contribution in [2.24, 2.45) is 17.3 Å². The van der Waals surface area contributed by atoms with Crippen molar-refractivity contribution >= 4 is 5.97 Å². The van der Waals surface area contributed by atoms with E-state index in [0.717, 1.165) is 19.0 Å². The standard InChI is InChI=1S/C14H27NO2/c1-11(13(16)17)10-15-8-5-6-12(7-9-15)14(2,3)4/h11-12H,5-10H2,1-4H3,(H,16,17). The fourth-order valence-electron chi connectivity index (χ4n) is 2.67. The summed E-state index contributed by atoms with van der Waals surface area (Å²) in [5.74, 6) is -0.157. The van der Waals surface area contributed by atoms with E-state index in [2.05, 4.69) is 25.7 Å². The van der Waals surface area contributed by atoms with E-state index in [1.807, 2.05) is 0 Å². The highest BCUT2D eigenvalue weighted by atomic mass is 16.4. The third-order valence-electron chi connectivity index (χ3n) is 4.00. The number of hydrogen-bond donors (Lipinski definition) is 1. The molecule has 1 saturated heterocycles. The van der Waals surface area contributed by atoms with Crippen molar-refractivity contribution in [2.45, 2.75) is 47.0 Å². The van der Waals surface area contributed by atoms with E-state index in [9.17, 15) is 4.79 Å². The lowest BCUT2D eigenvalue weighted by molar-refractivity contribution is -0.141. The van der Waals surface area contributed by atoms with Crippen LogP contribution in [0, 0.1) is 17.3 Å². The van der Waals surface area contributed by atoms with Crippen molar-refractivity contribution in [2.75, 3.05) is 19.6 Å². The summed E-state index contributed by atoms with van der Waals surface area (Å²) in [7, 11) is 0. The van der Waals surface area contributed by atoms with E-state index in [4.69, 9.17) is 5.11 Å². The summed E-state index contributed by atoms with van der Waals surface area (Å²) in [4.78, 5) is 13.2. The van der Waals surface area contributed by atoms with Crippen molar-refractivity contribution in [3.05, 3.63) is 0 Å². The van der Waals surface area contributed by atoms with Crippen LogP contribution in [0.3, 0.4) is 0 Å². The number of likely N-dealkylation sites (tertiary alicyclic amines) is 1. The average Bonchev–Trinajstić information content (AvgIpc) is 2.42. The lowest BCUT2D eigenvalue weighted by atomic mass is 9.77. The first-order valence-corrected chi connectivity index (χ1v) is 6.76. The first kappa shape index (κ1) is 14.5. The minimum atomic E-state index is -0.679. The molecule has 1 aliphatic heterocycles. The van der Waals surface area contributed by atoms with Crippen molar-refractivity contribution < 1.29 is 9.90 Å². The molecule has 0 amide bonds. The lowest BCUT2D eigenvalue weighted by Gasteiger charge is -2.30. The third kappa shape index (κ3) is 4.66. The first-order chi connectivity index (χ1) is 7.80. The Morgan fingerprint density at radius 1 is 1.35 bits per heavy atom. The maximum absolute atomic E-state index is 10.9. The van der Waals surface area contributed by atoms with Gasteiger partial charge in [0.1, 0.15) is 0 Å². The van der Waals surface area contributed by atoms with Crippen LogP contribution in [-0.4, -0.2) is 35.6 Å². The molecular weight excluding hydrogens is 214 g/mol. The van der Waals surface area contributed by atoms with Crippen molar-refractivity contribution in [1.29, 1.82) is 0 Å². The molecule has 2 atom stereocenters. The molecule has 1 heterocycles. The number of carbonyl (C=O) groups is 1. The fourth-order valence-corrected chi connectivity index (χ4v) is 2.67. The predicted molar refractivity (Wildman–Crippen MR) is 70.0 cm³/mol. The number of carboxylic acid groups (broad SMARTS) is 1. The average molecular weight is 241 g/mol. The highest BCUT2D eigenvalue weighted by Gasteiger charge is 2.27. The Morgan fingerprint density at radius 2 is 2.00 bits per heavy atom. The first-order valence-electron chi connectivity index (χ1n) is 6.76. The highest BCUT2D eigenvalue weighted by Crippen LogP contribution is 2.34. The zero-order valence-electron chi connectivity index (χ0n) is 11.7. The number of rotatable bonds is 3. The summed E-state index contributed by atoms with van der Waals surface area (Å²) in [6.07, 6.45) is 3.69. The number of nitrogens with zero attached hydrogens (tertiary/aromatic N) is 1. The zero-order valence-corrected chi connectivity index (χ0v) is 11.7. The topological polar surface area (TPSA) is 40.5 Å². The van der Waals surface area contributed by atoms with Crippen LogP contribution in [0.5, 0.6) is 0 Å². The Hall–Kier alpha value is -0.570. The van der Waals surface area contributed by atoms with Gasteiger partial charge in [0.15, 0.2) is 0 Å². The molecule has 100 valence electrons. The van der Waals surface area contributed by atoms with Gasteiger partial charge in [-0.05, 0) is 43.7 Å². The van der Waals surface area contributed by atoms with Crippen LogP contribution >= 0.6 is 0 Å². The molecule has 0 aromatic heterocycles. The second-order valence-electron chi connectivity index (χ2n) is 6.53. The molecule has 1 aliphatic rings. The van der Waals surface area contributed by atoms with Crippen LogP contribution in [0.25, 0.3) is 0 Å². The molecule has 17 heavy (non-hydrogen) atoms. The Morgan fingerprint density at radius 3 is 2.53 bits per heavy atom. The predicted octanol–water partition coefficient (Wildman–Crippen LogP) is 2.86. The summed E-state index contributed by atoms with van der Waals surface area (Å²) in [5.41, 5.74) is 0.383. The summed E-state index contributed by atoms with van der Waals surface area (Å²) in [5, 5.41) is 8.94. The Balaban J connectivity index is 2.45. The van der Waals surface area contributed by atoms with Gasteiger partial charge in [-0.2, -0.15) is 0 Å². The smallest absolute Gasteiger partial charge is 0.307 e. The number of hydrogen-bond acceptors (Lipinski definition) is 2. The van der Waals surface area contributed by atoms with Gasteiger partial charge >= 0.3 is 5.97 Å². The third-order valence-corrected chi connectivity index (χ3v) is 4.00. The molecule has 0 bridgehead atoms. The highest BCUT2D eigenvalue weighted by molar-refractivity contribution is 5.69. The maximum atomic E-state index is 10.9. The van der Waals surface area contributed by atoms with Crippen LogP contribution in [0.1, 0.15) is 47.0 Å². The summed E-state index contributed by atoms with van der Waals surface area (Å²) in [6, 6.07) is 0. The molecular formula is C14H27NO2. The summed E-state index contributed by atoms with van der Waals surface area (Å²) in [6.45, 7) is 11.6. The van der Waals surface area contributed by atoms with E-state index in [0.29, 0.717) is 12.0 Å². The van der Waals surface area contributed by atoms with Gasteiger partial charge in [-0.15, -0.1) is 0 Å². The Bertz CT molecular complexity index is 257. The minimum Gasteiger partial charge on any atom is -0.481 e. The molecule has 0 saturated carbocycles. The largest absolute Gasteiger partial charge is 0.481 e. The lowest BCUT2D eigenvalue weighted by Crippen LogP contribution is -2.33. The maximum Gasteiger partial charge on any atom is 0.307 e. The van der Waals surface area contributed by atoms with Crippen LogP contribution in [-0.2, 0) is 4.79 Å². The van der Waals surface area contributed by atoms with Crippen LogP contribution in [0.2, 0.25) is 0 Å². The molecule has 1 fully saturated rings. The van der Waals surface area contributed by atoms with E-state index >= 15 is 0 Å². The van der Waals surface area contributed by atoms with Crippen molar-refractivity contribution in [3.8, 4) is 0 Å². The Kier molecular flexibility index (Phi) is 4.99. The van der Waals surface area contributed by atoms with Crippen molar-refractivity contribution in [3.63, 3.8) is 0 Å². The zero-order chi connectivity index (χ0) is 13.1. The molecule has 3 heteroatoms. The van der Waals surface area contributed by atoms with Gasteiger partial charge < -0.3 is 10.0 Å². The number of carboxylic acids is 1. The van der Waals surface area contributed by atoms with E-state index < -0.39 is 5.97 Å². The molecule has 0 spiro atoms. The Labute approximate surface area is 105 Å². The summed E-state index contributed by atoms with van der Waals surface area (Å²) < 4.78 is 0. The quantitative estimate of drug-likeness (QED) is 0.826. The van der Waals surface area contributed by atoms with Gasteiger partial charge in [-0.25, -0.2) is 0 Å². The van der Waals surface area contributed by atoms with Gasteiger partial charge in [0.2, 0.25) is 0 Å². The van der Waals surface area contributed by atoms with Crippen LogP contribution in [0.15, 0.2) is 0 Å². The molecule has 1 N–H and O–H groups in total. The van der Waals surface area contributed by atoms with Gasteiger partial charge in [0.25, 0.3) is 0 Å². The van der Waals surface area contributed by atoms with Gasteiger partial charge in [0.05, 0.1) is 5.92 Å². The van der Waals surface area contributed by atoms with Crippen molar-refractivity contribution in [1.82, 2.24) is 4.90 Å². The fraction of sp³-hybridized carbons (Fsp3) is 0.929. The molecule has 2 unspecified atom stereocenters. The molecule has 0 radical (unpaired) electrons. The monoisotopic (exact) mass is 241 g/mol. The second kappa shape index (κ2) is 5.85. The molecule has 0 aliphatic carbocycles. The van der Waals surface area contributed by atoms with E-state index in [-0.39, 0.29) is 5.92 Å². The SMILES string of the molecule is CC(CN1CCCC(C(C)(C)C)CC1)C(=O)O. The molecule has 3 nitrogen and oxygen atoms in total. The van der Waals surface area contributed by atoms with Gasteiger partial charge in [-0.1, -0.05) is 27.7 Å². The molecule has 0 aromatic carbocycles. The van der Waals surface area contributed by atoms with Gasteiger partial charge in [0, 0.05) is 6.54 Å². The molecule has 1 rings (SSSR count). The molecule has 0 aromatic rings. The van der Waals surface area contributed by atoms with Gasteiger partial charge in [-0.3, -0.25) is 4.79 Å². The van der Waals surface area contributed by atoms with Crippen LogP contribution in [0.4, 0.5) is 0 Å². The van der Waals surface area contributed by atoms with E-state index in [1.165, 1.54) is 19.3 Å². The second-order valence-corrected chi connectivity index (χ2v) is 6.53.